The number of anilines is 1. The molecule has 1 unspecified atom stereocenters. The van der Waals surface area contributed by atoms with Crippen molar-refractivity contribution in [3.05, 3.63) is 36.7 Å². The molecule has 0 saturated carbocycles. The van der Waals surface area contributed by atoms with Crippen LogP contribution in [0.25, 0.3) is 10.8 Å². The lowest BCUT2D eigenvalue weighted by molar-refractivity contribution is 0.195. The predicted molar refractivity (Wildman–Crippen MR) is 80.5 cm³/mol. The van der Waals surface area contributed by atoms with Gasteiger partial charge in [0, 0.05) is 36.1 Å². The largest absolute Gasteiger partial charge is 0.383 e. The monoisotopic (exact) mass is 255 g/mol. The molecule has 2 heterocycles. The van der Waals surface area contributed by atoms with Crippen LogP contribution in [0.1, 0.15) is 19.3 Å². The van der Waals surface area contributed by atoms with Crippen LogP contribution in [0.2, 0.25) is 0 Å². The summed E-state index contributed by atoms with van der Waals surface area (Å²) in [5, 5.41) is 6.06. The van der Waals surface area contributed by atoms with Crippen LogP contribution in [-0.2, 0) is 0 Å². The first kappa shape index (κ1) is 12.4. The van der Waals surface area contributed by atoms with Crippen LogP contribution < -0.4 is 5.32 Å². The van der Waals surface area contributed by atoms with Gasteiger partial charge in [-0.1, -0.05) is 18.6 Å². The highest BCUT2D eigenvalue weighted by molar-refractivity contribution is 5.93. The molecule has 1 saturated heterocycles. The summed E-state index contributed by atoms with van der Waals surface area (Å²) in [6.45, 7) is 2.24. The van der Waals surface area contributed by atoms with Crippen LogP contribution in [-0.4, -0.2) is 36.1 Å². The maximum absolute atomic E-state index is 4.23. The van der Waals surface area contributed by atoms with E-state index in [1.165, 1.54) is 42.3 Å². The van der Waals surface area contributed by atoms with Crippen molar-refractivity contribution in [2.45, 2.75) is 25.3 Å². The maximum atomic E-state index is 4.23. The van der Waals surface area contributed by atoms with Gasteiger partial charge in [-0.2, -0.15) is 0 Å². The number of hydrogen-bond acceptors (Lipinski definition) is 3. The fourth-order valence-electron chi connectivity index (χ4n) is 2.90. The third kappa shape index (κ3) is 2.71. The van der Waals surface area contributed by atoms with Crippen molar-refractivity contribution in [2.24, 2.45) is 0 Å². The molecule has 0 radical (unpaired) electrons. The average molecular weight is 255 g/mol. The Hall–Kier alpha value is -1.61. The van der Waals surface area contributed by atoms with E-state index in [2.05, 4.69) is 46.5 Å². The molecule has 1 atom stereocenters. The second-order valence-corrected chi connectivity index (χ2v) is 5.41. The van der Waals surface area contributed by atoms with Crippen molar-refractivity contribution >= 4 is 16.5 Å². The number of benzene rings is 1. The zero-order chi connectivity index (χ0) is 13.1. The van der Waals surface area contributed by atoms with E-state index in [0.717, 1.165) is 6.54 Å². The summed E-state index contributed by atoms with van der Waals surface area (Å²) >= 11 is 0. The molecule has 1 aliphatic rings. The lowest BCUT2D eigenvalue weighted by Gasteiger charge is -2.32. The van der Waals surface area contributed by atoms with E-state index in [1.54, 1.807) is 0 Å². The first-order valence-electron chi connectivity index (χ1n) is 7.11. The number of likely N-dealkylation sites (tertiary alicyclic amines) is 1. The Morgan fingerprint density at radius 2 is 2.26 bits per heavy atom. The Balaban J connectivity index is 1.74. The summed E-state index contributed by atoms with van der Waals surface area (Å²) in [6.07, 6.45) is 7.79. The molecule has 1 aliphatic heterocycles. The highest BCUT2D eigenvalue weighted by Crippen LogP contribution is 2.23. The van der Waals surface area contributed by atoms with Crippen LogP contribution in [0.3, 0.4) is 0 Å². The zero-order valence-electron chi connectivity index (χ0n) is 11.5. The zero-order valence-corrected chi connectivity index (χ0v) is 11.5. The molecule has 0 amide bonds. The number of nitrogens with one attached hydrogen (secondary N) is 1. The Morgan fingerprint density at radius 3 is 3.16 bits per heavy atom. The fraction of sp³-hybridized carbons (Fsp3) is 0.438. The minimum Gasteiger partial charge on any atom is -0.383 e. The van der Waals surface area contributed by atoms with E-state index in [0.29, 0.717) is 6.04 Å². The van der Waals surface area contributed by atoms with Gasteiger partial charge in [-0.05, 0) is 44.0 Å². The number of hydrogen-bond donors (Lipinski definition) is 1. The molecule has 0 aliphatic carbocycles. The summed E-state index contributed by atoms with van der Waals surface area (Å²) < 4.78 is 0. The average Bonchev–Trinajstić information content (AvgIpc) is 2.46. The minimum atomic E-state index is 0.653. The van der Waals surface area contributed by atoms with Crippen molar-refractivity contribution in [1.29, 1.82) is 0 Å². The number of piperidine rings is 1. The number of nitrogens with zero attached hydrogens (tertiary/aromatic N) is 2. The third-order valence-corrected chi connectivity index (χ3v) is 4.13. The molecule has 3 heteroatoms. The predicted octanol–water partition coefficient (Wildman–Crippen LogP) is 3.13. The summed E-state index contributed by atoms with van der Waals surface area (Å²) in [5.74, 6) is 0. The summed E-state index contributed by atoms with van der Waals surface area (Å²) in [6, 6.07) is 9.10. The van der Waals surface area contributed by atoms with Gasteiger partial charge in [0.15, 0.2) is 0 Å². The number of pyridine rings is 1. The smallest absolute Gasteiger partial charge is 0.0436 e. The van der Waals surface area contributed by atoms with E-state index in [-0.39, 0.29) is 0 Å². The SMILES string of the molecule is CN1CCCCC1CNc1cccc2ccncc12. The number of fused-ring (bicyclic) bond motifs is 1. The van der Waals surface area contributed by atoms with Crippen LogP contribution in [0.5, 0.6) is 0 Å². The Kier molecular flexibility index (Phi) is 3.65. The van der Waals surface area contributed by atoms with Crippen molar-refractivity contribution in [3.63, 3.8) is 0 Å². The molecule has 3 nitrogen and oxygen atoms in total. The maximum Gasteiger partial charge on any atom is 0.0436 e. The minimum absolute atomic E-state index is 0.653. The fourth-order valence-corrected chi connectivity index (χ4v) is 2.90. The molecule has 1 N–H and O–H groups in total. The van der Waals surface area contributed by atoms with Crippen LogP contribution >= 0.6 is 0 Å². The molecule has 19 heavy (non-hydrogen) atoms. The van der Waals surface area contributed by atoms with Gasteiger partial charge in [-0.15, -0.1) is 0 Å². The second kappa shape index (κ2) is 5.57. The Bertz CT molecular complexity index is 547. The molecule has 3 rings (SSSR count). The number of aromatic nitrogens is 1. The molecule has 1 fully saturated rings. The van der Waals surface area contributed by atoms with Crippen molar-refractivity contribution in [3.8, 4) is 0 Å². The standard InChI is InChI=1S/C16H21N3/c1-19-10-3-2-6-14(19)11-18-16-7-4-5-13-8-9-17-12-15(13)16/h4-5,7-9,12,14,18H,2-3,6,10-11H2,1H3. The van der Waals surface area contributed by atoms with Gasteiger partial charge in [0.05, 0.1) is 0 Å². The number of rotatable bonds is 3. The first-order valence-corrected chi connectivity index (χ1v) is 7.11. The van der Waals surface area contributed by atoms with Gasteiger partial charge >= 0.3 is 0 Å². The molecular formula is C16H21N3. The van der Waals surface area contributed by atoms with Crippen LogP contribution in [0, 0.1) is 0 Å². The highest BCUT2D eigenvalue weighted by atomic mass is 15.2. The topological polar surface area (TPSA) is 28.2 Å². The summed E-state index contributed by atoms with van der Waals surface area (Å²) in [5.41, 5.74) is 1.20. The lowest BCUT2D eigenvalue weighted by atomic mass is 10.0. The number of likely N-dealkylation sites (N-methyl/N-ethyl adjacent to an activating group) is 1. The first-order chi connectivity index (χ1) is 9.34. The van der Waals surface area contributed by atoms with E-state index in [4.69, 9.17) is 0 Å². The van der Waals surface area contributed by atoms with E-state index < -0.39 is 0 Å². The van der Waals surface area contributed by atoms with E-state index in [1.807, 2.05) is 12.4 Å². The molecule has 2 aromatic rings. The summed E-state index contributed by atoms with van der Waals surface area (Å²) in [4.78, 5) is 6.70. The van der Waals surface area contributed by atoms with E-state index >= 15 is 0 Å². The second-order valence-electron chi connectivity index (χ2n) is 5.41. The van der Waals surface area contributed by atoms with Gasteiger partial charge < -0.3 is 10.2 Å². The molecular weight excluding hydrogens is 234 g/mol. The van der Waals surface area contributed by atoms with Crippen LogP contribution in [0.4, 0.5) is 5.69 Å². The van der Waals surface area contributed by atoms with Gasteiger partial charge in [0.1, 0.15) is 0 Å². The molecule has 0 spiro atoms. The van der Waals surface area contributed by atoms with Crippen molar-refractivity contribution < 1.29 is 0 Å². The Morgan fingerprint density at radius 1 is 1.32 bits per heavy atom. The summed E-state index contributed by atoms with van der Waals surface area (Å²) in [7, 11) is 2.23. The molecule has 100 valence electrons. The van der Waals surface area contributed by atoms with Crippen molar-refractivity contribution in [2.75, 3.05) is 25.5 Å². The normalized spacial score (nSPS) is 20.6. The molecule has 1 aromatic heterocycles. The van der Waals surface area contributed by atoms with Crippen molar-refractivity contribution in [1.82, 2.24) is 9.88 Å². The van der Waals surface area contributed by atoms with Gasteiger partial charge in [0.2, 0.25) is 0 Å². The third-order valence-electron chi connectivity index (χ3n) is 4.13. The molecule has 1 aromatic carbocycles. The van der Waals surface area contributed by atoms with E-state index in [9.17, 15) is 0 Å². The Labute approximate surface area is 114 Å². The van der Waals surface area contributed by atoms with Gasteiger partial charge in [-0.25, -0.2) is 0 Å². The highest BCUT2D eigenvalue weighted by Gasteiger charge is 2.18. The quantitative estimate of drug-likeness (QED) is 0.913. The molecule has 0 bridgehead atoms. The van der Waals surface area contributed by atoms with Crippen LogP contribution in [0.15, 0.2) is 36.7 Å². The van der Waals surface area contributed by atoms with Gasteiger partial charge in [0.25, 0.3) is 0 Å². The lowest BCUT2D eigenvalue weighted by Crippen LogP contribution is -2.40. The van der Waals surface area contributed by atoms with Gasteiger partial charge in [-0.3, -0.25) is 4.98 Å².